The zero-order valence-electron chi connectivity index (χ0n) is 10.2. The van der Waals surface area contributed by atoms with Gasteiger partial charge in [0.1, 0.15) is 10.6 Å². The summed E-state index contributed by atoms with van der Waals surface area (Å²) in [7, 11) is 2.87. The minimum atomic E-state index is -3.92. The van der Waals surface area contributed by atoms with Crippen molar-refractivity contribution in [1.29, 1.82) is 0 Å². The van der Waals surface area contributed by atoms with Crippen molar-refractivity contribution in [3.63, 3.8) is 0 Å². The summed E-state index contributed by atoms with van der Waals surface area (Å²) in [5.41, 5.74) is 0.731. The lowest BCUT2D eigenvalue weighted by molar-refractivity contribution is -0.126. The quantitative estimate of drug-likeness (QED) is 0.852. The van der Waals surface area contributed by atoms with Crippen LogP contribution in [-0.4, -0.2) is 27.5 Å². The Balaban J connectivity index is 3.14. The Bertz CT molecular complexity index is 556. The van der Waals surface area contributed by atoms with Gasteiger partial charge in [-0.05, 0) is 31.5 Å². The van der Waals surface area contributed by atoms with E-state index in [9.17, 15) is 13.2 Å². The van der Waals surface area contributed by atoms with Crippen molar-refractivity contribution in [1.82, 2.24) is 5.32 Å². The second kappa shape index (κ2) is 5.58. The molecular formula is C11H14ClNO4S. The van der Waals surface area contributed by atoms with Crippen LogP contribution in [0.3, 0.4) is 0 Å². The van der Waals surface area contributed by atoms with Crippen molar-refractivity contribution in [2.45, 2.75) is 24.8 Å². The lowest BCUT2D eigenvalue weighted by atomic mass is 10.2. The molecule has 0 aromatic heterocycles. The van der Waals surface area contributed by atoms with E-state index < -0.39 is 15.2 Å². The largest absolute Gasteiger partial charge is 0.479 e. The maximum atomic E-state index is 11.4. The van der Waals surface area contributed by atoms with E-state index in [-0.39, 0.29) is 16.6 Å². The lowest BCUT2D eigenvalue weighted by Crippen LogP contribution is -2.34. The monoisotopic (exact) mass is 291 g/mol. The molecule has 0 spiro atoms. The Kier molecular flexibility index (Phi) is 4.59. The average molecular weight is 292 g/mol. The minimum absolute atomic E-state index is 0.0618. The number of hydrogen-bond acceptors (Lipinski definition) is 4. The number of aryl methyl sites for hydroxylation is 1. The molecule has 0 bridgehead atoms. The molecule has 100 valence electrons. The van der Waals surface area contributed by atoms with Gasteiger partial charge in [0.2, 0.25) is 0 Å². The highest BCUT2D eigenvalue weighted by atomic mass is 35.7. The van der Waals surface area contributed by atoms with Crippen LogP contribution in [0.25, 0.3) is 0 Å². The van der Waals surface area contributed by atoms with Crippen LogP contribution in [0.4, 0.5) is 0 Å². The van der Waals surface area contributed by atoms with E-state index in [0.29, 0.717) is 0 Å². The smallest absolute Gasteiger partial charge is 0.264 e. The molecule has 1 rings (SSSR count). The van der Waals surface area contributed by atoms with E-state index in [1.54, 1.807) is 13.0 Å². The van der Waals surface area contributed by atoms with Gasteiger partial charge in [0.25, 0.3) is 15.0 Å². The Morgan fingerprint density at radius 2 is 2.06 bits per heavy atom. The van der Waals surface area contributed by atoms with Gasteiger partial charge >= 0.3 is 0 Å². The Hall–Kier alpha value is -1.27. The number of rotatable bonds is 4. The SMILES string of the molecule is CNC(=O)C(C)Oc1ccc(C)cc1S(=O)(=O)Cl. The highest BCUT2D eigenvalue weighted by Crippen LogP contribution is 2.28. The molecule has 5 nitrogen and oxygen atoms in total. The number of amides is 1. The third kappa shape index (κ3) is 3.61. The first-order valence-corrected chi connectivity index (χ1v) is 7.50. The van der Waals surface area contributed by atoms with Crippen LogP contribution in [0.15, 0.2) is 23.1 Å². The van der Waals surface area contributed by atoms with Gasteiger partial charge in [0.05, 0.1) is 0 Å². The van der Waals surface area contributed by atoms with Gasteiger partial charge in [-0.25, -0.2) is 8.42 Å². The van der Waals surface area contributed by atoms with Crippen molar-refractivity contribution >= 4 is 25.6 Å². The molecule has 0 aliphatic carbocycles. The predicted molar refractivity (Wildman–Crippen MR) is 68.4 cm³/mol. The normalized spacial score (nSPS) is 12.9. The minimum Gasteiger partial charge on any atom is -0.479 e. The third-order valence-corrected chi connectivity index (χ3v) is 3.62. The summed E-state index contributed by atoms with van der Waals surface area (Å²) in [5, 5.41) is 2.41. The first-order valence-electron chi connectivity index (χ1n) is 5.19. The highest BCUT2D eigenvalue weighted by molar-refractivity contribution is 8.13. The molecule has 7 heteroatoms. The number of hydrogen-bond donors (Lipinski definition) is 1. The molecule has 1 aromatic rings. The molecule has 0 saturated heterocycles. The Morgan fingerprint density at radius 3 is 2.56 bits per heavy atom. The first kappa shape index (κ1) is 14.8. The molecule has 1 amide bonds. The van der Waals surface area contributed by atoms with Gasteiger partial charge in [0.15, 0.2) is 6.10 Å². The molecule has 0 saturated carbocycles. The molecule has 1 aromatic carbocycles. The second-order valence-corrected chi connectivity index (χ2v) is 6.30. The van der Waals surface area contributed by atoms with Crippen molar-refractivity contribution in [2.75, 3.05) is 7.05 Å². The van der Waals surface area contributed by atoms with Crippen LogP contribution in [0, 0.1) is 6.92 Å². The summed E-state index contributed by atoms with van der Waals surface area (Å²) < 4.78 is 28.1. The summed E-state index contributed by atoms with van der Waals surface area (Å²) in [6.45, 7) is 3.25. The fourth-order valence-electron chi connectivity index (χ4n) is 1.35. The number of halogens is 1. The van der Waals surface area contributed by atoms with Crippen molar-refractivity contribution in [3.05, 3.63) is 23.8 Å². The van der Waals surface area contributed by atoms with Crippen LogP contribution in [0.2, 0.25) is 0 Å². The van der Waals surface area contributed by atoms with E-state index in [1.165, 1.54) is 26.1 Å². The molecule has 1 atom stereocenters. The summed E-state index contributed by atoms with van der Waals surface area (Å²) in [5.74, 6) is -0.291. The number of ether oxygens (including phenoxy) is 1. The van der Waals surface area contributed by atoms with Gasteiger partial charge < -0.3 is 10.1 Å². The molecule has 0 fully saturated rings. The molecule has 0 aliphatic rings. The highest BCUT2D eigenvalue weighted by Gasteiger charge is 2.21. The lowest BCUT2D eigenvalue weighted by Gasteiger charge is -2.15. The maximum absolute atomic E-state index is 11.4. The zero-order valence-corrected chi connectivity index (χ0v) is 11.8. The molecule has 1 unspecified atom stereocenters. The van der Waals surface area contributed by atoms with Gasteiger partial charge in [-0.15, -0.1) is 0 Å². The fraction of sp³-hybridized carbons (Fsp3) is 0.364. The van der Waals surface area contributed by atoms with Crippen molar-refractivity contribution < 1.29 is 17.9 Å². The average Bonchev–Trinajstić information content (AvgIpc) is 2.28. The summed E-state index contributed by atoms with van der Waals surface area (Å²) in [6.07, 6.45) is -0.810. The number of benzene rings is 1. The van der Waals surface area contributed by atoms with Gasteiger partial charge in [0, 0.05) is 17.7 Å². The van der Waals surface area contributed by atoms with Crippen LogP contribution >= 0.6 is 10.7 Å². The standard InChI is InChI=1S/C11H14ClNO4S/c1-7-4-5-9(10(6-7)18(12,15)16)17-8(2)11(14)13-3/h4-6,8H,1-3H3,(H,13,14). The van der Waals surface area contributed by atoms with E-state index in [2.05, 4.69) is 5.32 Å². The van der Waals surface area contributed by atoms with Crippen LogP contribution in [0.5, 0.6) is 5.75 Å². The third-order valence-electron chi connectivity index (χ3n) is 2.28. The maximum Gasteiger partial charge on any atom is 0.264 e. The molecule has 18 heavy (non-hydrogen) atoms. The van der Waals surface area contributed by atoms with E-state index in [0.717, 1.165) is 5.56 Å². The van der Waals surface area contributed by atoms with E-state index in [1.807, 2.05) is 0 Å². The van der Waals surface area contributed by atoms with Gasteiger partial charge in [-0.1, -0.05) is 6.07 Å². The van der Waals surface area contributed by atoms with Crippen molar-refractivity contribution in [2.24, 2.45) is 0 Å². The molecular weight excluding hydrogens is 278 g/mol. The summed E-state index contributed by atoms with van der Waals surface area (Å²) in [4.78, 5) is 11.2. The Labute approximate surface area is 111 Å². The molecule has 0 radical (unpaired) electrons. The van der Waals surface area contributed by atoms with Crippen molar-refractivity contribution in [3.8, 4) is 5.75 Å². The number of carbonyl (C=O) groups is 1. The first-order chi connectivity index (χ1) is 8.25. The number of nitrogens with one attached hydrogen (secondary N) is 1. The molecule has 1 N–H and O–H groups in total. The summed E-state index contributed by atoms with van der Waals surface area (Å²) in [6, 6.07) is 4.55. The molecule has 0 aliphatic heterocycles. The zero-order chi connectivity index (χ0) is 13.9. The van der Waals surface area contributed by atoms with Crippen LogP contribution < -0.4 is 10.1 Å². The topological polar surface area (TPSA) is 72.5 Å². The van der Waals surface area contributed by atoms with E-state index >= 15 is 0 Å². The van der Waals surface area contributed by atoms with Gasteiger partial charge in [-0.3, -0.25) is 4.79 Å². The molecule has 0 heterocycles. The Morgan fingerprint density at radius 1 is 1.44 bits per heavy atom. The van der Waals surface area contributed by atoms with E-state index in [4.69, 9.17) is 15.4 Å². The number of likely N-dealkylation sites (N-methyl/N-ethyl adjacent to an activating group) is 1. The van der Waals surface area contributed by atoms with Crippen LogP contribution in [0.1, 0.15) is 12.5 Å². The van der Waals surface area contributed by atoms with Gasteiger partial charge in [-0.2, -0.15) is 0 Å². The fourth-order valence-corrected chi connectivity index (χ4v) is 2.40. The summed E-state index contributed by atoms with van der Waals surface area (Å²) >= 11 is 0. The number of carbonyl (C=O) groups excluding carboxylic acids is 1. The second-order valence-electron chi connectivity index (χ2n) is 3.76. The predicted octanol–water partition coefficient (Wildman–Crippen LogP) is 1.44. The van der Waals surface area contributed by atoms with Crippen LogP contribution in [-0.2, 0) is 13.8 Å².